The van der Waals surface area contributed by atoms with E-state index >= 15 is 0 Å². The summed E-state index contributed by atoms with van der Waals surface area (Å²) in [4.78, 5) is 0. The van der Waals surface area contributed by atoms with Gasteiger partial charge >= 0.3 is 0 Å². The van der Waals surface area contributed by atoms with E-state index in [1.807, 2.05) is 66.7 Å². The zero-order valence-electron chi connectivity index (χ0n) is 38.9. The predicted octanol–water partition coefficient (Wildman–Crippen LogP) is 17.1. The monoisotopic (exact) mass is 907 g/mol. The Morgan fingerprint density at radius 3 is 1.17 bits per heavy atom. The van der Waals surface area contributed by atoms with Gasteiger partial charge in [-0.1, -0.05) is 212 Å². The van der Waals surface area contributed by atoms with Crippen LogP contribution in [0.15, 0.2) is 273 Å². The second-order valence-corrected chi connectivity index (χ2v) is 17.2. The quantitative estimate of drug-likeness (QED) is 0.120. The number of fused-ring (bicyclic) bond motifs is 1. The smallest absolute Gasteiger partial charge is 0.123 e. The molecule has 11 aromatic rings. The number of benzene rings is 11. The maximum Gasteiger partial charge on any atom is 0.123 e. The average molecular weight is 908 g/mol. The molecule has 0 saturated heterocycles. The highest BCUT2D eigenvalue weighted by Crippen LogP contribution is 2.34. The molecule has 0 saturated carbocycles. The van der Waals surface area contributed by atoms with Crippen molar-refractivity contribution in [2.45, 2.75) is 13.0 Å². The third-order valence-corrected chi connectivity index (χ3v) is 12.2. The van der Waals surface area contributed by atoms with Gasteiger partial charge in [0.25, 0.3) is 0 Å². The topological polar surface area (TPSA) is 64.1 Å². The first-order valence-electron chi connectivity index (χ1n) is 23.6. The fraction of sp³-hybridized carbons (Fsp3) is 0.0303. The summed E-state index contributed by atoms with van der Waals surface area (Å²) in [6.07, 6.45) is 0.793. The van der Waals surface area contributed by atoms with Gasteiger partial charge in [0.05, 0.1) is 0 Å². The SMILES string of the molecule is Nc1cccc(Cc2ccc3ccccc3c2NCc2ccc(F)cc2)c1.Nc1ccccc1.c1ccc(-c2cccc(-c3cccc(-c4cccc(-c5cccc(-c6ccccc6)c5)c4)c3)c2)cc1. The van der Waals surface area contributed by atoms with E-state index in [1.54, 1.807) is 0 Å². The Balaban J connectivity index is 0.000000157. The minimum absolute atomic E-state index is 0.216. The molecule has 0 radical (unpaired) electrons. The summed E-state index contributed by atoms with van der Waals surface area (Å²) in [5, 5.41) is 5.94. The maximum absolute atomic E-state index is 13.2. The number of rotatable bonds is 10. The summed E-state index contributed by atoms with van der Waals surface area (Å²) in [6, 6.07) is 93.1. The van der Waals surface area contributed by atoms with Crippen LogP contribution >= 0.6 is 0 Å². The minimum atomic E-state index is -0.216. The first kappa shape index (κ1) is 46.1. The molecule has 0 atom stereocenters. The third kappa shape index (κ3) is 12.1. The highest BCUT2D eigenvalue weighted by molar-refractivity contribution is 5.95. The highest BCUT2D eigenvalue weighted by atomic mass is 19.1. The Labute approximate surface area is 411 Å². The lowest BCUT2D eigenvalue weighted by molar-refractivity contribution is 0.627. The number of anilines is 3. The van der Waals surface area contributed by atoms with Crippen molar-refractivity contribution in [3.63, 3.8) is 0 Å². The van der Waals surface area contributed by atoms with Gasteiger partial charge in [-0.15, -0.1) is 0 Å². The molecule has 0 aliphatic heterocycles. The van der Waals surface area contributed by atoms with E-state index in [1.165, 1.54) is 89.7 Å². The molecule has 3 nitrogen and oxygen atoms in total. The molecule has 11 aromatic carbocycles. The van der Waals surface area contributed by atoms with Crippen LogP contribution in [0, 0.1) is 5.82 Å². The second kappa shape index (κ2) is 22.7. The van der Waals surface area contributed by atoms with Crippen LogP contribution in [0.25, 0.3) is 66.4 Å². The maximum atomic E-state index is 13.2. The largest absolute Gasteiger partial charge is 0.399 e. The van der Waals surface area contributed by atoms with Gasteiger partial charge in [0.1, 0.15) is 5.82 Å². The molecular formula is C66H54FN3. The fourth-order valence-corrected chi connectivity index (χ4v) is 8.62. The number of para-hydroxylation sites is 1. The van der Waals surface area contributed by atoms with Gasteiger partial charge in [0.15, 0.2) is 0 Å². The van der Waals surface area contributed by atoms with Crippen LogP contribution in [0.4, 0.5) is 21.5 Å². The normalized spacial score (nSPS) is 10.6. The van der Waals surface area contributed by atoms with E-state index < -0.39 is 0 Å². The van der Waals surface area contributed by atoms with E-state index in [2.05, 4.69) is 199 Å². The van der Waals surface area contributed by atoms with Crippen LogP contribution in [0.2, 0.25) is 0 Å². The molecule has 11 rings (SSSR count). The number of nitrogen functional groups attached to an aromatic ring is 2. The summed E-state index contributed by atoms with van der Waals surface area (Å²) < 4.78 is 13.2. The molecule has 0 amide bonds. The Kier molecular flexibility index (Phi) is 14.9. The summed E-state index contributed by atoms with van der Waals surface area (Å²) >= 11 is 0. The lowest BCUT2D eigenvalue weighted by Crippen LogP contribution is -2.04. The van der Waals surface area contributed by atoms with Crippen molar-refractivity contribution >= 4 is 27.8 Å². The Hall–Kier alpha value is -8.99. The molecule has 5 N–H and O–H groups in total. The summed E-state index contributed by atoms with van der Waals surface area (Å²) in [7, 11) is 0. The summed E-state index contributed by atoms with van der Waals surface area (Å²) in [5.74, 6) is -0.216. The Bertz CT molecular complexity index is 3300. The molecule has 340 valence electrons. The lowest BCUT2D eigenvalue weighted by Gasteiger charge is -2.16. The average Bonchev–Trinajstić information content (AvgIpc) is 3.42. The first-order valence-corrected chi connectivity index (χ1v) is 23.6. The van der Waals surface area contributed by atoms with E-state index in [0.29, 0.717) is 6.54 Å². The van der Waals surface area contributed by atoms with Gasteiger partial charge in [0, 0.05) is 29.0 Å². The van der Waals surface area contributed by atoms with Gasteiger partial charge in [0.2, 0.25) is 0 Å². The molecule has 4 heteroatoms. The van der Waals surface area contributed by atoms with E-state index in [-0.39, 0.29) is 5.82 Å². The molecule has 0 aliphatic carbocycles. The van der Waals surface area contributed by atoms with Crippen molar-refractivity contribution in [3.8, 4) is 55.6 Å². The number of hydrogen-bond acceptors (Lipinski definition) is 3. The van der Waals surface area contributed by atoms with E-state index in [0.717, 1.165) is 29.0 Å². The highest BCUT2D eigenvalue weighted by Gasteiger charge is 2.10. The number of halogens is 1. The number of nitrogens with one attached hydrogen (secondary N) is 1. The lowest BCUT2D eigenvalue weighted by atomic mass is 9.94. The summed E-state index contributed by atoms with van der Waals surface area (Å²) in [5.41, 5.74) is 29.7. The molecule has 0 fully saturated rings. The van der Waals surface area contributed by atoms with Crippen LogP contribution in [0.1, 0.15) is 16.7 Å². The second-order valence-electron chi connectivity index (χ2n) is 17.2. The molecule has 0 aliphatic rings. The Morgan fingerprint density at radius 2 is 0.714 bits per heavy atom. The minimum Gasteiger partial charge on any atom is -0.399 e. The number of nitrogens with two attached hydrogens (primary N) is 2. The zero-order chi connectivity index (χ0) is 47.9. The molecule has 0 aromatic heterocycles. The number of hydrogen-bond donors (Lipinski definition) is 3. The summed E-state index contributed by atoms with van der Waals surface area (Å²) in [6.45, 7) is 0.637. The van der Waals surface area contributed by atoms with Crippen LogP contribution in [0.3, 0.4) is 0 Å². The van der Waals surface area contributed by atoms with Crippen molar-refractivity contribution in [1.29, 1.82) is 0 Å². The van der Waals surface area contributed by atoms with Crippen LogP contribution in [-0.4, -0.2) is 0 Å². The van der Waals surface area contributed by atoms with Gasteiger partial charge in [-0.25, -0.2) is 4.39 Å². The molecule has 0 spiro atoms. The third-order valence-electron chi connectivity index (χ3n) is 12.2. The van der Waals surface area contributed by atoms with Crippen LogP contribution in [0.5, 0.6) is 0 Å². The van der Waals surface area contributed by atoms with Gasteiger partial charge < -0.3 is 16.8 Å². The molecule has 0 heterocycles. The van der Waals surface area contributed by atoms with Gasteiger partial charge in [-0.2, -0.15) is 0 Å². The fourth-order valence-electron chi connectivity index (χ4n) is 8.62. The van der Waals surface area contributed by atoms with E-state index in [9.17, 15) is 4.39 Å². The van der Waals surface area contributed by atoms with Crippen molar-refractivity contribution in [2.24, 2.45) is 0 Å². The molecular weight excluding hydrogens is 854 g/mol. The van der Waals surface area contributed by atoms with Crippen molar-refractivity contribution in [2.75, 3.05) is 16.8 Å². The van der Waals surface area contributed by atoms with Crippen molar-refractivity contribution in [1.82, 2.24) is 0 Å². The molecule has 70 heavy (non-hydrogen) atoms. The standard InChI is InChI=1S/C36H26.C24H21FN2.C6H7N/c1-3-11-27(12-4-1)29-15-7-17-31(23-29)33-19-9-21-35(25-33)36-22-10-20-34(26-36)32-18-8-16-30(24-32)28-13-5-2-6-14-28;25-21-12-8-17(9-13-21)16-27-24-20(14-18-4-3-6-22(26)15-18)11-10-19-5-1-2-7-23(19)24;7-6-4-2-1-3-5-6/h1-26H;1-13,15,27H,14,16,26H2;1-5H,7H2. The molecule has 0 bridgehead atoms. The van der Waals surface area contributed by atoms with Crippen LogP contribution in [-0.2, 0) is 13.0 Å². The van der Waals surface area contributed by atoms with Crippen molar-refractivity contribution in [3.05, 3.63) is 295 Å². The van der Waals surface area contributed by atoms with E-state index in [4.69, 9.17) is 11.5 Å². The first-order chi connectivity index (χ1) is 34.4. The van der Waals surface area contributed by atoms with Gasteiger partial charge in [-0.05, 0) is 145 Å². The van der Waals surface area contributed by atoms with Crippen LogP contribution < -0.4 is 16.8 Å². The Morgan fingerprint density at radius 1 is 0.314 bits per heavy atom. The predicted molar refractivity (Wildman–Crippen MR) is 296 cm³/mol. The van der Waals surface area contributed by atoms with Gasteiger partial charge in [-0.3, -0.25) is 0 Å². The van der Waals surface area contributed by atoms with Crippen molar-refractivity contribution < 1.29 is 4.39 Å². The zero-order valence-corrected chi connectivity index (χ0v) is 38.9. The molecule has 0 unspecified atom stereocenters.